The van der Waals surface area contributed by atoms with Crippen LogP contribution in [0.1, 0.15) is 33.1 Å². The van der Waals surface area contributed by atoms with Crippen molar-refractivity contribution in [1.29, 1.82) is 0 Å². The van der Waals surface area contributed by atoms with E-state index >= 15 is 0 Å². The smallest absolute Gasteiger partial charge is 0.238 e. The van der Waals surface area contributed by atoms with Crippen molar-refractivity contribution in [2.45, 2.75) is 51.3 Å². The first-order chi connectivity index (χ1) is 7.84. The van der Waals surface area contributed by atoms with Gasteiger partial charge in [0.25, 0.3) is 0 Å². The molecule has 17 heavy (non-hydrogen) atoms. The lowest BCUT2D eigenvalue weighted by Gasteiger charge is -2.32. The van der Waals surface area contributed by atoms with E-state index in [-0.39, 0.29) is 23.8 Å². The molecule has 1 aliphatic carbocycles. The van der Waals surface area contributed by atoms with Gasteiger partial charge in [-0.15, -0.1) is 0 Å². The molecule has 0 aromatic heterocycles. The molecule has 1 amide bonds. The summed E-state index contributed by atoms with van der Waals surface area (Å²) in [5.74, 6) is -0.325. The number of hydrogen-bond donors (Lipinski definition) is 3. The number of aliphatic hydroxyl groups excluding tert-OH is 1. The Morgan fingerprint density at radius 3 is 2.53 bits per heavy atom. The number of carbonyl (C=O) groups excluding carboxylic acids is 1. The minimum atomic E-state index is -3.37. The molecule has 0 radical (unpaired) electrons. The summed E-state index contributed by atoms with van der Waals surface area (Å²) in [6, 6.07) is -0.806. The minimum Gasteiger partial charge on any atom is -0.393 e. The molecule has 7 heteroatoms. The molecule has 6 nitrogen and oxygen atoms in total. The standard InChI is InChI=1S/C10H20N2O4S/c1-3-4-17(15,16)12-7(2)10(14)11-8-5-9(13)6-8/h7-9,12-13H,3-6H2,1-2H3,(H,11,14). The van der Waals surface area contributed by atoms with Gasteiger partial charge in [-0.2, -0.15) is 0 Å². The first kappa shape index (κ1) is 14.4. The van der Waals surface area contributed by atoms with Crippen molar-refractivity contribution in [3.8, 4) is 0 Å². The van der Waals surface area contributed by atoms with Gasteiger partial charge in [-0.25, -0.2) is 13.1 Å². The molecule has 3 N–H and O–H groups in total. The predicted octanol–water partition coefficient (Wildman–Crippen LogP) is -0.656. The van der Waals surface area contributed by atoms with Crippen LogP contribution in [0.5, 0.6) is 0 Å². The Morgan fingerprint density at radius 1 is 1.47 bits per heavy atom. The second kappa shape index (κ2) is 5.79. The van der Waals surface area contributed by atoms with Crippen LogP contribution in [0.25, 0.3) is 0 Å². The van der Waals surface area contributed by atoms with Gasteiger partial charge in [-0.1, -0.05) is 6.92 Å². The maximum Gasteiger partial charge on any atom is 0.238 e. The van der Waals surface area contributed by atoms with E-state index in [1.807, 2.05) is 0 Å². The van der Waals surface area contributed by atoms with Crippen LogP contribution in [-0.4, -0.2) is 43.4 Å². The Bertz CT molecular complexity index is 363. The largest absolute Gasteiger partial charge is 0.393 e. The van der Waals surface area contributed by atoms with E-state index in [1.54, 1.807) is 6.92 Å². The highest BCUT2D eigenvalue weighted by atomic mass is 32.2. The average molecular weight is 264 g/mol. The zero-order valence-electron chi connectivity index (χ0n) is 10.1. The molecule has 1 saturated carbocycles. The van der Waals surface area contributed by atoms with Gasteiger partial charge >= 0.3 is 0 Å². The van der Waals surface area contributed by atoms with Gasteiger partial charge < -0.3 is 10.4 Å². The number of nitrogens with one attached hydrogen (secondary N) is 2. The van der Waals surface area contributed by atoms with Gasteiger partial charge in [0.05, 0.1) is 17.9 Å². The number of aliphatic hydroxyl groups is 1. The van der Waals surface area contributed by atoms with E-state index in [0.717, 1.165) is 0 Å². The van der Waals surface area contributed by atoms with Crippen molar-refractivity contribution in [3.05, 3.63) is 0 Å². The fourth-order valence-corrected chi connectivity index (χ4v) is 2.98. The fourth-order valence-electron chi connectivity index (χ4n) is 1.68. The molecular formula is C10H20N2O4S. The van der Waals surface area contributed by atoms with Gasteiger partial charge in [-0.05, 0) is 26.2 Å². The van der Waals surface area contributed by atoms with Crippen LogP contribution in [0.3, 0.4) is 0 Å². The Labute approximate surface area is 102 Å². The lowest BCUT2D eigenvalue weighted by Crippen LogP contribution is -2.53. The third kappa shape index (κ3) is 4.61. The quantitative estimate of drug-likeness (QED) is 0.593. The van der Waals surface area contributed by atoms with Gasteiger partial charge in [0, 0.05) is 6.04 Å². The maximum absolute atomic E-state index is 11.6. The summed E-state index contributed by atoms with van der Waals surface area (Å²) in [5, 5.41) is 11.7. The zero-order chi connectivity index (χ0) is 13.1. The first-order valence-corrected chi connectivity index (χ1v) is 7.47. The van der Waals surface area contributed by atoms with E-state index in [9.17, 15) is 13.2 Å². The summed E-state index contributed by atoms with van der Waals surface area (Å²) in [6.45, 7) is 3.28. The van der Waals surface area contributed by atoms with Gasteiger partial charge in [0.1, 0.15) is 0 Å². The maximum atomic E-state index is 11.6. The molecule has 0 bridgehead atoms. The normalized spacial score (nSPS) is 26.1. The first-order valence-electron chi connectivity index (χ1n) is 5.82. The lowest BCUT2D eigenvalue weighted by molar-refractivity contribution is -0.124. The Kier molecular flexibility index (Phi) is 4.91. The molecule has 1 rings (SSSR count). The minimum absolute atomic E-state index is 0.0206. The summed E-state index contributed by atoms with van der Waals surface area (Å²) >= 11 is 0. The SMILES string of the molecule is CCCS(=O)(=O)NC(C)C(=O)NC1CC(O)C1. The predicted molar refractivity (Wildman–Crippen MR) is 63.8 cm³/mol. The molecule has 0 aromatic carbocycles. The molecular weight excluding hydrogens is 244 g/mol. The van der Waals surface area contributed by atoms with Crippen molar-refractivity contribution in [3.63, 3.8) is 0 Å². The summed E-state index contributed by atoms with van der Waals surface area (Å²) < 4.78 is 25.2. The van der Waals surface area contributed by atoms with Crippen LogP contribution in [0.2, 0.25) is 0 Å². The second-order valence-corrected chi connectivity index (χ2v) is 6.36. The molecule has 0 spiro atoms. The van der Waals surface area contributed by atoms with Crippen molar-refractivity contribution in [2.75, 3.05) is 5.75 Å². The highest BCUT2D eigenvalue weighted by Gasteiger charge is 2.30. The molecule has 0 aromatic rings. The highest BCUT2D eigenvalue weighted by Crippen LogP contribution is 2.19. The van der Waals surface area contributed by atoms with E-state index in [2.05, 4.69) is 10.0 Å². The average Bonchev–Trinajstić information content (AvgIpc) is 2.14. The Morgan fingerprint density at radius 2 is 2.06 bits per heavy atom. The van der Waals surface area contributed by atoms with Crippen molar-refractivity contribution >= 4 is 15.9 Å². The number of rotatable bonds is 6. The van der Waals surface area contributed by atoms with Crippen LogP contribution >= 0.6 is 0 Å². The Balaban J connectivity index is 2.36. The molecule has 1 fully saturated rings. The van der Waals surface area contributed by atoms with Gasteiger partial charge in [0.2, 0.25) is 15.9 Å². The van der Waals surface area contributed by atoms with Crippen molar-refractivity contribution < 1.29 is 18.3 Å². The van der Waals surface area contributed by atoms with E-state index in [0.29, 0.717) is 19.3 Å². The van der Waals surface area contributed by atoms with Crippen LogP contribution in [0, 0.1) is 0 Å². The number of carbonyl (C=O) groups is 1. The fraction of sp³-hybridized carbons (Fsp3) is 0.900. The molecule has 1 atom stereocenters. The second-order valence-electron chi connectivity index (χ2n) is 4.49. The van der Waals surface area contributed by atoms with E-state index in [1.165, 1.54) is 6.92 Å². The van der Waals surface area contributed by atoms with Crippen LogP contribution in [-0.2, 0) is 14.8 Å². The lowest BCUT2D eigenvalue weighted by atomic mass is 9.89. The molecule has 0 aliphatic heterocycles. The molecule has 0 saturated heterocycles. The topological polar surface area (TPSA) is 95.5 Å². The van der Waals surface area contributed by atoms with Crippen LogP contribution in [0.4, 0.5) is 0 Å². The molecule has 1 unspecified atom stereocenters. The number of hydrogen-bond acceptors (Lipinski definition) is 4. The van der Waals surface area contributed by atoms with Gasteiger partial charge in [-0.3, -0.25) is 4.79 Å². The molecule has 100 valence electrons. The van der Waals surface area contributed by atoms with E-state index < -0.39 is 16.1 Å². The third-order valence-electron chi connectivity index (χ3n) is 2.68. The summed E-state index contributed by atoms with van der Waals surface area (Å²) in [7, 11) is -3.37. The number of amides is 1. The van der Waals surface area contributed by atoms with Gasteiger partial charge in [0.15, 0.2) is 0 Å². The molecule has 1 aliphatic rings. The highest BCUT2D eigenvalue weighted by molar-refractivity contribution is 7.89. The van der Waals surface area contributed by atoms with Crippen molar-refractivity contribution in [1.82, 2.24) is 10.0 Å². The Hall–Kier alpha value is -0.660. The summed E-state index contributed by atoms with van der Waals surface area (Å²) in [4.78, 5) is 11.6. The van der Waals surface area contributed by atoms with E-state index in [4.69, 9.17) is 5.11 Å². The van der Waals surface area contributed by atoms with Crippen LogP contribution in [0.15, 0.2) is 0 Å². The molecule has 0 heterocycles. The zero-order valence-corrected chi connectivity index (χ0v) is 11.0. The van der Waals surface area contributed by atoms with Crippen molar-refractivity contribution in [2.24, 2.45) is 0 Å². The van der Waals surface area contributed by atoms with Crippen LogP contribution < -0.4 is 10.0 Å². The number of sulfonamides is 1. The summed E-state index contributed by atoms with van der Waals surface area (Å²) in [5.41, 5.74) is 0. The summed E-state index contributed by atoms with van der Waals surface area (Å²) in [6.07, 6.45) is 1.26. The third-order valence-corrected chi connectivity index (χ3v) is 4.34. The monoisotopic (exact) mass is 264 g/mol.